The van der Waals surface area contributed by atoms with Crippen LogP contribution < -0.4 is 10.0 Å². The molecule has 2 N–H and O–H groups in total. The highest BCUT2D eigenvalue weighted by Gasteiger charge is 2.29. The van der Waals surface area contributed by atoms with E-state index in [0.29, 0.717) is 0 Å². The van der Waals surface area contributed by atoms with Crippen molar-refractivity contribution < 1.29 is 22.7 Å². The highest BCUT2D eigenvalue weighted by Crippen LogP contribution is 2.27. The van der Waals surface area contributed by atoms with Crippen LogP contribution in [0.1, 0.15) is 23.2 Å². The molecule has 0 radical (unpaired) electrons. The summed E-state index contributed by atoms with van der Waals surface area (Å²) in [5, 5.41) is 2.31. The number of carbonyl (C=O) groups excluding carboxylic acids is 2. The van der Waals surface area contributed by atoms with E-state index >= 15 is 0 Å². The molecule has 120 valence electrons. The van der Waals surface area contributed by atoms with Crippen molar-refractivity contribution in [2.75, 3.05) is 13.7 Å². The average molecular weight is 347 g/mol. The monoisotopic (exact) mass is 346 g/mol. The van der Waals surface area contributed by atoms with Crippen LogP contribution in [0, 0.1) is 0 Å². The van der Waals surface area contributed by atoms with E-state index in [-0.39, 0.29) is 21.5 Å². The largest absolute Gasteiger partial charge is 0.452 e. The van der Waals surface area contributed by atoms with Crippen LogP contribution in [0.25, 0.3) is 0 Å². The number of esters is 1. The van der Waals surface area contributed by atoms with E-state index in [1.165, 1.54) is 19.2 Å². The number of likely N-dealkylation sites (N-methyl/N-ethyl adjacent to an activating group) is 1. The minimum absolute atomic E-state index is 0.00414. The van der Waals surface area contributed by atoms with Crippen LogP contribution in [0.2, 0.25) is 5.02 Å². The van der Waals surface area contributed by atoms with Crippen molar-refractivity contribution in [1.82, 2.24) is 10.0 Å². The molecule has 0 aliphatic heterocycles. The molecule has 0 bridgehead atoms. The van der Waals surface area contributed by atoms with Crippen LogP contribution in [0.3, 0.4) is 0 Å². The molecule has 1 saturated carbocycles. The van der Waals surface area contributed by atoms with Crippen molar-refractivity contribution in [3.63, 3.8) is 0 Å². The van der Waals surface area contributed by atoms with Crippen LogP contribution in [0.15, 0.2) is 23.1 Å². The van der Waals surface area contributed by atoms with Crippen LogP contribution in [0.4, 0.5) is 0 Å². The van der Waals surface area contributed by atoms with Gasteiger partial charge in [0.25, 0.3) is 5.91 Å². The van der Waals surface area contributed by atoms with Gasteiger partial charge in [0.15, 0.2) is 6.61 Å². The highest BCUT2D eigenvalue weighted by atomic mass is 35.5. The number of sulfonamides is 1. The first kappa shape index (κ1) is 16.7. The molecule has 0 heterocycles. The minimum atomic E-state index is -3.79. The summed E-state index contributed by atoms with van der Waals surface area (Å²) < 4.78 is 31.6. The molecule has 1 fully saturated rings. The Labute approximate surface area is 133 Å². The molecular weight excluding hydrogens is 332 g/mol. The van der Waals surface area contributed by atoms with Crippen LogP contribution in [0.5, 0.6) is 0 Å². The van der Waals surface area contributed by atoms with E-state index in [4.69, 9.17) is 16.3 Å². The molecule has 1 aromatic carbocycles. The van der Waals surface area contributed by atoms with Crippen molar-refractivity contribution in [2.24, 2.45) is 0 Å². The molecule has 0 saturated heterocycles. The van der Waals surface area contributed by atoms with Crippen molar-refractivity contribution in [3.8, 4) is 0 Å². The van der Waals surface area contributed by atoms with E-state index in [1.54, 1.807) is 0 Å². The topological polar surface area (TPSA) is 102 Å². The summed E-state index contributed by atoms with van der Waals surface area (Å²) in [7, 11) is -2.38. The maximum Gasteiger partial charge on any atom is 0.338 e. The number of ether oxygens (including phenoxy) is 1. The highest BCUT2D eigenvalue weighted by molar-refractivity contribution is 7.89. The Balaban J connectivity index is 2.18. The standard InChI is InChI=1S/C13H15ClN2O5S/c1-15-12(17)7-21-13(18)8-2-5-10(14)11(6-8)22(19,20)16-9-3-4-9/h2,5-6,9,16H,3-4,7H2,1H3,(H,15,17). The third kappa shape index (κ3) is 4.19. The summed E-state index contributed by atoms with van der Waals surface area (Å²) in [6, 6.07) is 3.70. The van der Waals surface area contributed by atoms with E-state index in [0.717, 1.165) is 18.9 Å². The molecule has 22 heavy (non-hydrogen) atoms. The Hall–Kier alpha value is -1.64. The average Bonchev–Trinajstić information content (AvgIpc) is 3.27. The van der Waals surface area contributed by atoms with Gasteiger partial charge in [0.2, 0.25) is 10.0 Å². The Morgan fingerprint density at radius 3 is 2.64 bits per heavy atom. The molecule has 1 aliphatic carbocycles. The molecule has 1 aliphatic rings. The molecule has 0 aromatic heterocycles. The number of hydrogen-bond acceptors (Lipinski definition) is 5. The molecule has 0 spiro atoms. The third-order valence-electron chi connectivity index (χ3n) is 2.97. The molecule has 1 aromatic rings. The zero-order chi connectivity index (χ0) is 16.3. The van der Waals surface area contributed by atoms with Crippen molar-refractivity contribution in [2.45, 2.75) is 23.8 Å². The van der Waals surface area contributed by atoms with Gasteiger partial charge in [-0.3, -0.25) is 4.79 Å². The summed E-state index contributed by atoms with van der Waals surface area (Å²) in [6.45, 7) is -0.444. The summed E-state index contributed by atoms with van der Waals surface area (Å²) in [6.07, 6.45) is 1.56. The van der Waals surface area contributed by atoms with E-state index < -0.39 is 28.5 Å². The SMILES string of the molecule is CNC(=O)COC(=O)c1ccc(Cl)c(S(=O)(=O)NC2CC2)c1. The Bertz CT molecular complexity index is 700. The first-order valence-corrected chi connectivity index (χ1v) is 8.39. The second-order valence-corrected chi connectivity index (χ2v) is 6.88. The number of carbonyl (C=O) groups is 2. The van der Waals surface area contributed by atoms with Gasteiger partial charge in [-0.2, -0.15) is 0 Å². The number of hydrogen-bond donors (Lipinski definition) is 2. The summed E-state index contributed by atoms with van der Waals surface area (Å²) in [4.78, 5) is 22.7. The Kier molecular flexibility index (Phi) is 5.05. The lowest BCUT2D eigenvalue weighted by atomic mass is 10.2. The molecule has 0 unspecified atom stereocenters. The van der Waals surface area contributed by atoms with Crippen molar-refractivity contribution >= 4 is 33.5 Å². The lowest BCUT2D eigenvalue weighted by Crippen LogP contribution is -2.27. The van der Waals surface area contributed by atoms with Gasteiger partial charge in [0.1, 0.15) is 4.90 Å². The van der Waals surface area contributed by atoms with Crippen LogP contribution in [-0.2, 0) is 19.6 Å². The molecule has 1 amide bonds. The fourth-order valence-electron chi connectivity index (χ4n) is 1.61. The maximum atomic E-state index is 12.2. The number of benzene rings is 1. The first-order valence-electron chi connectivity index (χ1n) is 6.53. The molecule has 7 nitrogen and oxygen atoms in total. The van der Waals surface area contributed by atoms with Gasteiger partial charge in [0, 0.05) is 13.1 Å². The molecule has 2 rings (SSSR count). The second-order valence-electron chi connectivity index (χ2n) is 4.79. The van der Waals surface area contributed by atoms with Gasteiger partial charge in [-0.15, -0.1) is 0 Å². The quantitative estimate of drug-likeness (QED) is 0.738. The lowest BCUT2D eigenvalue weighted by molar-refractivity contribution is -0.123. The summed E-state index contributed by atoms with van der Waals surface area (Å²) >= 11 is 5.90. The van der Waals surface area contributed by atoms with E-state index in [9.17, 15) is 18.0 Å². The van der Waals surface area contributed by atoms with Crippen molar-refractivity contribution in [3.05, 3.63) is 28.8 Å². The van der Waals surface area contributed by atoms with Gasteiger partial charge in [-0.25, -0.2) is 17.9 Å². The van der Waals surface area contributed by atoms with Gasteiger partial charge >= 0.3 is 5.97 Å². The van der Waals surface area contributed by atoms with Gasteiger partial charge in [0.05, 0.1) is 10.6 Å². The van der Waals surface area contributed by atoms with Crippen molar-refractivity contribution in [1.29, 1.82) is 0 Å². The smallest absolute Gasteiger partial charge is 0.338 e. The molecular formula is C13H15ClN2O5S. The fourth-order valence-corrected chi connectivity index (χ4v) is 3.44. The Morgan fingerprint density at radius 1 is 1.36 bits per heavy atom. The normalized spacial score (nSPS) is 14.5. The second kappa shape index (κ2) is 6.64. The predicted molar refractivity (Wildman–Crippen MR) is 79.1 cm³/mol. The minimum Gasteiger partial charge on any atom is -0.452 e. The van der Waals surface area contributed by atoms with Crippen LogP contribution >= 0.6 is 11.6 Å². The zero-order valence-corrected chi connectivity index (χ0v) is 13.3. The number of amides is 1. The zero-order valence-electron chi connectivity index (χ0n) is 11.8. The maximum absolute atomic E-state index is 12.2. The van der Waals surface area contributed by atoms with E-state index in [2.05, 4.69) is 10.0 Å². The molecule has 0 atom stereocenters. The third-order valence-corrected chi connectivity index (χ3v) is 4.97. The number of rotatable bonds is 6. The van der Waals surface area contributed by atoms with Gasteiger partial charge in [-0.05, 0) is 31.0 Å². The van der Waals surface area contributed by atoms with Gasteiger partial charge in [-0.1, -0.05) is 11.6 Å². The number of halogens is 1. The molecule has 9 heteroatoms. The van der Waals surface area contributed by atoms with Crippen LogP contribution in [-0.4, -0.2) is 40.0 Å². The Morgan fingerprint density at radius 2 is 2.05 bits per heavy atom. The number of nitrogens with one attached hydrogen (secondary N) is 2. The summed E-state index contributed by atoms with van der Waals surface area (Å²) in [5.74, 6) is -1.27. The first-order chi connectivity index (χ1) is 10.3. The lowest BCUT2D eigenvalue weighted by Gasteiger charge is -2.09. The van der Waals surface area contributed by atoms with E-state index in [1.807, 2.05) is 0 Å². The summed E-state index contributed by atoms with van der Waals surface area (Å²) in [5.41, 5.74) is 0.00414. The van der Waals surface area contributed by atoms with Gasteiger partial charge < -0.3 is 10.1 Å². The fraction of sp³-hybridized carbons (Fsp3) is 0.385. The predicted octanol–water partition coefficient (Wildman–Crippen LogP) is 0.683.